The summed E-state index contributed by atoms with van der Waals surface area (Å²) in [5.74, 6) is -2.72. The van der Waals surface area contributed by atoms with E-state index in [9.17, 15) is 18.0 Å². The first-order chi connectivity index (χ1) is 10.3. The number of aliphatic carboxylic acids is 1. The number of sulfone groups is 1. The summed E-state index contributed by atoms with van der Waals surface area (Å²) in [7, 11) is -3.70. The largest absolute Gasteiger partial charge is 0.481 e. The van der Waals surface area contributed by atoms with Crippen LogP contribution in [-0.2, 0) is 19.4 Å². The number of likely N-dealkylation sites (tertiary alicyclic amines) is 1. The first-order valence-corrected chi connectivity index (χ1v) is 8.75. The average molecular weight is 325 g/mol. The average Bonchev–Trinajstić information content (AvgIpc) is 2.47. The monoisotopic (exact) mass is 325 g/mol. The zero-order valence-corrected chi connectivity index (χ0v) is 13.2. The molecule has 0 radical (unpaired) electrons. The van der Waals surface area contributed by atoms with Crippen molar-refractivity contribution >= 4 is 21.7 Å². The number of carbonyl (C=O) groups excluding carboxylic acids is 1. The summed E-state index contributed by atoms with van der Waals surface area (Å²) in [5.41, 5.74) is 0.936. The van der Waals surface area contributed by atoms with Gasteiger partial charge in [0, 0.05) is 13.1 Å². The second-order valence-corrected chi connectivity index (χ2v) is 7.58. The number of amides is 1. The van der Waals surface area contributed by atoms with Crippen molar-refractivity contribution in [1.82, 2.24) is 4.90 Å². The number of aryl methyl sites for hydroxylation is 1. The van der Waals surface area contributed by atoms with E-state index >= 15 is 0 Å². The second-order valence-electron chi connectivity index (χ2n) is 5.59. The van der Waals surface area contributed by atoms with E-state index in [0.29, 0.717) is 19.4 Å². The van der Waals surface area contributed by atoms with Gasteiger partial charge in [-0.2, -0.15) is 0 Å². The number of piperidine rings is 1. The molecule has 1 aromatic carbocycles. The minimum absolute atomic E-state index is 0.0809. The topological polar surface area (TPSA) is 91.8 Å². The molecule has 1 heterocycles. The zero-order valence-electron chi connectivity index (χ0n) is 12.4. The van der Waals surface area contributed by atoms with E-state index in [2.05, 4.69) is 0 Å². The minimum atomic E-state index is -3.70. The zero-order chi connectivity index (χ0) is 16.3. The van der Waals surface area contributed by atoms with Crippen LogP contribution in [0.15, 0.2) is 29.2 Å². The normalized spacial score (nSPS) is 19.0. The van der Waals surface area contributed by atoms with Crippen molar-refractivity contribution in [3.05, 3.63) is 29.8 Å². The molecule has 1 amide bonds. The van der Waals surface area contributed by atoms with Crippen LogP contribution in [0.25, 0.3) is 0 Å². The second kappa shape index (κ2) is 6.48. The van der Waals surface area contributed by atoms with Gasteiger partial charge in [0.25, 0.3) is 0 Å². The van der Waals surface area contributed by atoms with E-state index in [-0.39, 0.29) is 11.4 Å². The molecule has 0 bridgehead atoms. The van der Waals surface area contributed by atoms with Crippen molar-refractivity contribution in [3.63, 3.8) is 0 Å². The molecule has 1 atom stereocenters. The lowest BCUT2D eigenvalue weighted by Crippen LogP contribution is -2.44. The minimum Gasteiger partial charge on any atom is -0.481 e. The van der Waals surface area contributed by atoms with Crippen LogP contribution in [0.3, 0.4) is 0 Å². The van der Waals surface area contributed by atoms with E-state index in [1.807, 2.05) is 6.92 Å². The van der Waals surface area contributed by atoms with Gasteiger partial charge in [0.1, 0.15) is 5.75 Å². The van der Waals surface area contributed by atoms with Crippen LogP contribution in [-0.4, -0.2) is 49.1 Å². The number of benzene rings is 1. The molecule has 0 aliphatic carbocycles. The number of hydrogen-bond donors (Lipinski definition) is 1. The molecule has 0 spiro atoms. The van der Waals surface area contributed by atoms with Gasteiger partial charge in [0.05, 0.1) is 10.8 Å². The Labute approximate surface area is 129 Å². The molecule has 22 heavy (non-hydrogen) atoms. The number of carboxylic acid groups (broad SMARTS) is 1. The summed E-state index contributed by atoms with van der Waals surface area (Å²) in [6, 6.07) is 6.32. The van der Waals surface area contributed by atoms with Gasteiger partial charge >= 0.3 is 5.97 Å². The Bertz CT molecular complexity index is 666. The maximum Gasteiger partial charge on any atom is 0.308 e. The first-order valence-electron chi connectivity index (χ1n) is 7.09. The van der Waals surface area contributed by atoms with E-state index in [4.69, 9.17) is 5.11 Å². The third-order valence-electron chi connectivity index (χ3n) is 3.82. The molecule has 2 rings (SSSR count). The summed E-state index contributed by atoms with van der Waals surface area (Å²) in [5, 5.41) is 9.02. The smallest absolute Gasteiger partial charge is 0.308 e. The molecule has 120 valence electrons. The van der Waals surface area contributed by atoms with Gasteiger partial charge in [0.2, 0.25) is 5.91 Å². The van der Waals surface area contributed by atoms with E-state index in [0.717, 1.165) is 5.56 Å². The predicted molar refractivity (Wildman–Crippen MR) is 80.2 cm³/mol. The van der Waals surface area contributed by atoms with Gasteiger partial charge in [-0.15, -0.1) is 0 Å². The van der Waals surface area contributed by atoms with Gasteiger partial charge in [-0.1, -0.05) is 17.7 Å². The number of carbonyl (C=O) groups is 2. The highest BCUT2D eigenvalue weighted by atomic mass is 32.2. The fourth-order valence-corrected chi connectivity index (χ4v) is 3.71. The van der Waals surface area contributed by atoms with E-state index < -0.39 is 33.4 Å². The molecule has 1 unspecified atom stereocenters. The van der Waals surface area contributed by atoms with Crippen molar-refractivity contribution in [2.75, 3.05) is 18.8 Å². The SMILES string of the molecule is Cc1ccc(S(=O)(=O)CC(=O)N2CCCC(C(=O)O)C2)cc1. The maximum atomic E-state index is 12.2. The van der Waals surface area contributed by atoms with Gasteiger partial charge in [-0.05, 0) is 31.9 Å². The Hall–Kier alpha value is -1.89. The molecule has 1 aliphatic rings. The van der Waals surface area contributed by atoms with Gasteiger partial charge in [-0.25, -0.2) is 8.42 Å². The molecular formula is C15H19NO5S. The Morgan fingerprint density at radius 3 is 2.50 bits per heavy atom. The third kappa shape index (κ3) is 3.85. The summed E-state index contributed by atoms with van der Waals surface area (Å²) in [4.78, 5) is 24.6. The Kier molecular flexibility index (Phi) is 4.85. The van der Waals surface area contributed by atoms with Crippen LogP contribution in [0.1, 0.15) is 18.4 Å². The standard InChI is InChI=1S/C15H19NO5S/c1-11-4-6-13(7-5-11)22(20,21)10-14(17)16-8-2-3-12(9-16)15(18)19/h4-7,12H,2-3,8-10H2,1H3,(H,18,19). The lowest BCUT2D eigenvalue weighted by atomic mass is 9.98. The molecule has 7 heteroatoms. The molecule has 1 aliphatic heterocycles. The van der Waals surface area contributed by atoms with Gasteiger partial charge < -0.3 is 10.0 Å². The number of carboxylic acids is 1. The summed E-state index contributed by atoms with van der Waals surface area (Å²) in [6.45, 7) is 2.34. The number of hydrogen-bond acceptors (Lipinski definition) is 4. The molecule has 6 nitrogen and oxygen atoms in total. The lowest BCUT2D eigenvalue weighted by Gasteiger charge is -2.30. The van der Waals surface area contributed by atoms with Crippen molar-refractivity contribution in [2.45, 2.75) is 24.7 Å². The summed E-state index contributed by atoms with van der Waals surface area (Å²) < 4.78 is 24.5. The number of rotatable bonds is 4. The highest BCUT2D eigenvalue weighted by Gasteiger charge is 2.30. The van der Waals surface area contributed by atoms with Crippen molar-refractivity contribution in [1.29, 1.82) is 0 Å². The molecule has 1 N–H and O–H groups in total. The van der Waals surface area contributed by atoms with Crippen LogP contribution in [0.5, 0.6) is 0 Å². The summed E-state index contributed by atoms with van der Waals surface area (Å²) in [6.07, 6.45) is 1.09. The fourth-order valence-electron chi connectivity index (χ4n) is 2.49. The highest BCUT2D eigenvalue weighted by Crippen LogP contribution is 2.18. The van der Waals surface area contributed by atoms with Crippen LogP contribution in [0.4, 0.5) is 0 Å². The fraction of sp³-hybridized carbons (Fsp3) is 0.467. The Balaban J connectivity index is 2.07. The maximum absolute atomic E-state index is 12.2. The van der Waals surface area contributed by atoms with Crippen LogP contribution >= 0.6 is 0 Å². The molecule has 1 saturated heterocycles. The predicted octanol–water partition coefficient (Wildman–Crippen LogP) is 1.09. The van der Waals surface area contributed by atoms with E-state index in [1.165, 1.54) is 17.0 Å². The van der Waals surface area contributed by atoms with Gasteiger partial charge in [-0.3, -0.25) is 9.59 Å². The van der Waals surface area contributed by atoms with Crippen LogP contribution in [0, 0.1) is 12.8 Å². The lowest BCUT2D eigenvalue weighted by molar-refractivity contribution is -0.145. The van der Waals surface area contributed by atoms with Crippen molar-refractivity contribution < 1.29 is 23.1 Å². The number of nitrogens with zero attached hydrogens (tertiary/aromatic N) is 1. The molecule has 1 aromatic rings. The van der Waals surface area contributed by atoms with Crippen molar-refractivity contribution in [2.24, 2.45) is 5.92 Å². The molecular weight excluding hydrogens is 306 g/mol. The quantitative estimate of drug-likeness (QED) is 0.895. The van der Waals surface area contributed by atoms with Gasteiger partial charge in [0.15, 0.2) is 9.84 Å². The molecule has 1 fully saturated rings. The molecule has 0 aromatic heterocycles. The first kappa shape index (κ1) is 16.5. The highest BCUT2D eigenvalue weighted by molar-refractivity contribution is 7.92. The Morgan fingerprint density at radius 1 is 1.27 bits per heavy atom. The van der Waals surface area contributed by atoms with E-state index in [1.54, 1.807) is 12.1 Å². The summed E-state index contributed by atoms with van der Waals surface area (Å²) >= 11 is 0. The van der Waals surface area contributed by atoms with Crippen LogP contribution in [0.2, 0.25) is 0 Å². The third-order valence-corrected chi connectivity index (χ3v) is 5.43. The van der Waals surface area contributed by atoms with Crippen LogP contribution < -0.4 is 0 Å². The molecule has 0 saturated carbocycles. The van der Waals surface area contributed by atoms with Crippen molar-refractivity contribution in [3.8, 4) is 0 Å². The Morgan fingerprint density at radius 2 is 1.91 bits per heavy atom.